The summed E-state index contributed by atoms with van der Waals surface area (Å²) in [5.41, 5.74) is 3.38. The molecule has 0 spiro atoms. The first-order valence-corrected chi connectivity index (χ1v) is 9.77. The molecule has 0 aliphatic carbocycles. The average molecular weight is 381 g/mol. The fraction of sp³-hybridized carbons (Fsp3) is 0.409. The van der Waals surface area contributed by atoms with E-state index in [4.69, 9.17) is 14.2 Å². The summed E-state index contributed by atoms with van der Waals surface area (Å²) >= 11 is 0. The molecule has 0 saturated carbocycles. The van der Waals surface area contributed by atoms with Gasteiger partial charge in [-0.05, 0) is 49.7 Å². The molecule has 1 N–H and O–H groups in total. The number of fused-ring (bicyclic) bond motifs is 1. The van der Waals surface area contributed by atoms with Crippen LogP contribution in [-0.4, -0.2) is 48.8 Å². The molecule has 28 heavy (non-hydrogen) atoms. The molecule has 0 bridgehead atoms. The van der Waals surface area contributed by atoms with Gasteiger partial charge in [0, 0.05) is 31.3 Å². The van der Waals surface area contributed by atoms with Crippen molar-refractivity contribution in [1.82, 2.24) is 14.9 Å². The third-order valence-corrected chi connectivity index (χ3v) is 5.19. The second-order valence-electron chi connectivity index (χ2n) is 7.16. The van der Waals surface area contributed by atoms with Crippen molar-refractivity contribution in [1.29, 1.82) is 0 Å². The molecule has 1 fully saturated rings. The molecule has 6 nitrogen and oxygen atoms in total. The molecule has 1 saturated heterocycles. The minimum atomic E-state index is 0.141. The first kappa shape index (κ1) is 18.8. The molecule has 6 heteroatoms. The van der Waals surface area contributed by atoms with Crippen LogP contribution in [0.3, 0.4) is 0 Å². The number of hydrogen-bond acceptors (Lipinski definition) is 5. The van der Waals surface area contributed by atoms with Gasteiger partial charge in [0.05, 0.1) is 18.9 Å². The highest BCUT2D eigenvalue weighted by atomic mass is 16.5. The largest absolute Gasteiger partial charge is 0.493 e. The van der Waals surface area contributed by atoms with Crippen molar-refractivity contribution in [2.45, 2.75) is 25.5 Å². The number of pyridine rings is 1. The van der Waals surface area contributed by atoms with Gasteiger partial charge in [-0.3, -0.25) is 4.90 Å². The summed E-state index contributed by atoms with van der Waals surface area (Å²) in [5, 5.41) is 1.17. The number of aromatic amines is 1. The lowest BCUT2D eigenvalue weighted by molar-refractivity contribution is 0.107. The van der Waals surface area contributed by atoms with E-state index in [0.717, 1.165) is 49.7 Å². The predicted molar refractivity (Wildman–Crippen MR) is 109 cm³/mol. The molecule has 3 heterocycles. The van der Waals surface area contributed by atoms with Crippen LogP contribution < -0.4 is 9.47 Å². The van der Waals surface area contributed by atoms with Crippen LogP contribution in [0.2, 0.25) is 0 Å². The molecule has 2 aromatic heterocycles. The zero-order valence-corrected chi connectivity index (χ0v) is 16.5. The first-order chi connectivity index (χ1) is 13.8. The SMILES string of the molecule is COc1ccccc1OCCN(C)Cc1c([C@H]2CCCO2)[nH]c2ncccc12. The zero-order valence-electron chi connectivity index (χ0n) is 16.5. The lowest BCUT2D eigenvalue weighted by atomic mass is 10.1. The van der Waals surface area contributed by atoms with Crippen LogP contribution >= 0.6 is 0 Å². The maximum absolute atomic E-state index is 5.94. The highest BCUT2D eigenvalue weighted by Gasteiger charge is 2.25. The van der Waals surface area contributed by atoms with Crippen molar-refractivity contribution >= 4 is 11.0 Å². The number of hydrogen-bond donors (Lipinski definition) is 1. The molecule has 0 radical (unpaired) electrons. The lowest BCUT2D eigenvalue weighted by Crippen LogP contribution is -2.24. The van der Waals surface area contributed by atoms with Crippen molar-refractivity contribution in [3.05, 3.63) is 53.9 Å². The maximum atomic E-state index is 5.94. The van der Waals surface area contributed by atoms with Gasteiger partial charge in [0.1, 0.15) is 12.3 Å². The van der Waals surface area contributed by atoms with E-state index in [9.17, 15) is 0 Å². The Kier molecular flexibility index (Phi) is 5.78. The minimum absolute atomic E-state index is 0.141. The van der Waals surface area contributed by atoms with Crippen LogP contribution in [-0.2, 0) is 11.3 Å². The fourth-order valence-corrected chi connectivity index (χ4v) is 3.75. The number of benzene rings is 1. The van der Waals surface area contributed by atoms with Gasteiger partial charge in [0.2, 0.25) is 0 Å². The summed E-state index contributed by atoms with van der Waals surface area (Å²) in [5.74, 6) is 1.53. The standard InChI is InChI=1S/C22H27N3O3/c1-25(12-14-28-19-9-4-3-8-18(19)26-2)15-17-16-7-5-11-23-22(16)24-21(17)20-10-6-13-27-20/h3-5,7-9,11,20H,6,10,12-15H2,1-2H3,(H,23,24)/t20-/m1/s1. The summed E-state index contributed by atoms with van der Waals surface area (Å²) in [7, 11) is 3.77. The molecular formula is C22H27N3O3. The lowest BCUT2D eigenvalue weighted by Gasteiger charge is -2.19. The van der Waals surface area contributed by atoms with Gasteiger partial charge in [-0.25, -0.2) is 4.98 Å². The smallest absolute Gasteiger partial charge is 0.161 e. The Bertz CT molecular complexity index is 918. The van der Waals surface area contributed by atoms with E-state index in [-0.39, 0.29) is 6.10 Å². The molecule has 1 atom stereocenters. The van der Waals surface area contributed by atoms with Crippen molar-refractivity contribution in [2.75, 3.05) is 33.9 Å². The normalized spacial score (nSPS) is 16.8. The molecule has 1 aromatic carbocycles. The molecule has 0 amide bonds. The highest BCUT2D eigenvalue weighted by Crippen LogP contribution is 2.34. The molecule has 1 aliphatic rings. The molecule has 1 aliphatic heterocycles. The van der Waals surface area contributed by atoms with Crippen LogP contribution in [0.15, 0.2) is 42.6 Å². The van der Waals surface area contributed by atoms with E-state index >= 15 is 0 Å². The Morgan fingerprint density at radius 1 is 1.21 bits per heavy atom. The Morgan fingerprint density at radius 3 is 2.86 bits per heavy atom. The van der Waals surface area contributed by atoms with E-state index in [2.05, 4.69) is 28.0 Å². The number of likely N-dealkylation sites (N-methyl/N-ethyl adjacent to an activating group) is 1. The Balaban J connectivity index is 1.44. The molecule has 4 rings (SSSR count). The third-order valence-electron chi connectivity index (χ3n) is 5.19. The van der Waals surface area contributed by atoms with Crippen LogP contribution in [0.1, 0.15) is 30.2 Å². The van der Waals surface area contributed by atoms with Gasteiger partial charge < -0.3 is 19.2 Å². The Labute approximate surface area is 165 Å². The summed E-state index contributed by atoms with van der Waals surface area (Å²) < 4.78 is 17.2. The van der Waals surface area contributed by atoms with Crippen molar-refractivity contribution in [2.24, 2.45) is 0 Å². The van der Waals surface area contributed by atoms with E-state index < -0.39 is 0 Å². The maximum Gasteiger partial charge on any atom is 0.161 e. The number of ether oxygens (including phenoxy) is 3. The van der Waals surface area contributed by atoms with Crippen LogP contribution in [0, 0.1) is 0 Å². The number of nitrogens with zero attached hydrogens (tertiary/aromatic N) is 2. The van der Waals surface area contributed by atoms with Crippen molar-refractivity contribution in [3.63, 3.8) is 0 Å². The summed E-state index contributed by atoms with van der Waals surface area (Å²) in [6, 6.07) is 11.9. The van der Waals surface area contributed by atoms with Gasteiger partial charge in [-0.2, -0.15) is 0 Å². The van der Waals surface area contributed by atoms with Crippen LogP contribution in [0.4, 0.5) is 0 Å². The minimum Gasteiger partial charge on any atom is -0.493 e. The fourth-order valence-electron chi connectivity index (χ4n) is 3.75. The average Bonchev–Trinajstić information content (AvgIpc) is 3.37. The predicted octanol–water partition coefficient (Wildman–Crippen LogP) is 3.93. The van der Waals surface area contributed by atoms with E-state index in [1.165, 1.54) is 16.6 Å². The van der Waals surface area contributed by atoms with Crippen LogP contribution in [0.25, 0.3) is 11.0 Å². The number of para-hydroxylation sites is 2. The first-order valence-electron chi connectivity index (χ1n) is 9.77. The summed E-state index contributed by atoms with van der Waals surface area (Å²) in [6.45, 7) is 3.04. The summed E-state index contributed by atoms with van der Waals surface area (Å²) in [4.78, 5) is 10.3. The van der Waals surface area contributed by atoms with Gasteiger partial charge >= 0.3 is 0 Å². The molecule has 148 valence electrons. The molecule has 0 unspecified atom stereocenters. The number of rotatable bonds is 8. The number of H-pyrrole nitrogens is 1. The van der Waals surface area contributed by atoms with Gasteiger partial charge in [-0.1, -0.05) is 12.1 Å². The van der Waals surface area contributed by atoms with E-state index in [0.29, 0.717) is 6.61 Å². The van der Waals surface area contributed by atoms with Gasteiger partial charge in [-0.15, -0.1) is 0 Å². The Hall–Kier alpha value is -2.57. The van der Waals surface area contributed by atoms with Crippen LogP contribution in [0.5, 0.6) is 11.5 Å². The Morgan fingerprint density at radius 2 is 2.07 bits per heavy atom. The van der Waals surface area contributed by atoms with E-state index in [1.807, 2.05) is 36.5 Å². The topological polar surface area (TPSA) is 59.6 Å². The van der Waals surface area contributed by atoms with Gasteiger partial charge in [0.15, 0.2) is 11.5 Å². The molecular weight excluding hydrogens is 354 g/mol. The summed E-state index contributed by atoms with van der Waals surface area (Å²) in [6.07, 6.45) is 4.13. The second kappa shape index (κ2) is 8.63. The monoisotopic (exact) mass is 381 g/mol. The number of nitrogens with one attached hydrogen (secondary N) is 1. The van der Waals surface area contributed by atoms with Crippen molar-refractivity contribution in [3.8, 4) is 11.5 Å². The second-order valence-corrected chi connectivity index (χ2v) is 7.16. The quantitative estimate of drug-likeness (QED) is 0.641. The van der Waals surface area contributed by atoms with E-state index in [1.54, 1.807) is 7.11 Å². The zero-order chi connectivity index (χ0) is 19.3. The third kappa shape index (κ3) is 3.98. The number of methoxy groups -OCH3 is 1. The number of aromatic nitrogens is 2. The van der Waals surface area contributed by atoms with Crippen molar-refractivity contribution < 1.29 is 14.2 Å². The van der Waals surface area contributed by atoms with Gasteiger partial charge in [0.25, 0.3) is 0 Å². The highest BCUT2D eigenvalue weighted by molar-refractivity contribution is 5.81. The molecule has 3 aromatic rings.